The third-order valence-electron chi connectivity index (χ3n) is 5.46. The predicted molar refractivity (Wildman–Crippen MR) is 106 cm³/mol. The molecule has 1 aliphatic carbocycles. The lowest BCUT2D eigenvalue weighted by molar-refractivity contribution is -0.133. The number of hydrogen-bond acceptors (Lipinski definition) is 3. The Morgan fingerprint density at radius 2 is 1.96 bits per heavy atom. The number of aromatic nitrogens is 2. The Morgan fingerprint density at radius 1 is 1.22 bits per heavy atom. The van der Waals surface area contributed by atoms with Crippen molar-refractivity contribution in [2.45, 2.75) is 71.0 Å². The summed E-state index contributed by atoms with van der Waals surface area (Å²) in [4.78, 5) is 31.3. The van der Waals surface area contributed by atoms with Gasteiger partial charge in [-0.05, 0) is 31.4 Å². The Hall–Kier alpha value is -2.37. The van der Waals surface area contributed by atoms with Gasteiger partial charge in [-0.15, -0.1) is 0 Å². The fourth-order valence-electron chi connectivity index (χ4n) is 3.85. The van der Waals surface area contributed by atoms with Crippen LogP contribution in [-0.2, 0) is 22.7 Å². The van der Waals surface area contributed by atoms with Gasteiger partial charge in [0.1, 0.15) is 12.4 Å². The van der Waals surface area contributed by atoms with Crippen LogP contribution in [0.1, 0.15) is 57.7 Å². The predicted octanol–water partition coefficient (Wildman–Crippen LogP) is 3.24. The molecular formula is C21H30N4O2. The normalized spacial score (nSPS) is 15.0. The van der Waals surface area contributed by atoms with Crippen LogP contribution < -0.4 is 5.32 Å². The summed E-state index contributed by atoms with van der Waals surface area (Å²) in [5, 5.41) is 2.92. The second kappa shape index (κ2) is 9.02. The average molecular weight is 370 g/mol. The fourth-order valence-corrected chi connectivity index (χ4v) is 3.85. The molecule has 146 valence electrons. The van der Waals surface area contributed by atoms with Crippen molar-refractivity contribution in [1.82, 2.24) is 19.8 Å². The van der Waals surface area contributed by atoms with Gasteiger partial charge in [0.25, 0.3) is 0 Å². The molecule has 6 heteroatoms. The Bertz CT molecular complexity index is 793. The van der Waals surface area contributed by atoms with Crippen molar-refractivity contribution in [3.05, 3.63) is 30.1 Å². The Kier molecular flexibility index (Phi) is 6.48. The molecule has 27 heavy (non-hydrogen) atoms. The lowest BCUT2D eigenvalue weighted by atomic mass is 9.94. The summed E-state index contributed by atoms with van der Waals surface area (Å²) in [6.07, 6.45) is 7.17. The molecule has 1 aromatic heterocycles. The zero-order valence-electron chi connectivity index (χ0n) is 16.4. The summed E-state index contributed by atoms with van der Waals surface area (Å²) in [7, 11) is 1.92. The van der Waals surface area contributed by atoms with Crippen LogP contribution in [0.5, 0.6) is 0 Å². The highest BCUT2D eigenvalue weighted by atomic mass is 16.2. The number of nitrogens with one attached hydrogen (secondary N) is 1. The number of rotatable bonds is 7. The van der Waals surface area contributed by atoms with Crippen LogP contribution in [0.2, 0.25) is 0 Å². The number of nitrogens with zero attached hydrogens (tertiary/aromatic N) is 3. The molecule has 1 aromatic carbocycles. The molecule has 1 aliphatic rings. The van der Waals surface area contributed by atoms with Gasteiger partial charge >= 0.3 is 0 Å². The summed E-state index contributed by atoms with van der Waals surface area (Å²) in [5.41, 5.74) is 1.79. The maximum atomic E-state index is 12.9. The minimum absolute atomic E-state index is 0.0155. The van der Waals surface area contributed by atoms with Crippen LogP contribution in [0, 0.1) is 0 Å². The number of likely N-dealkylation sites (N-methyl/N-ethyl adjacent to an activating group) is 1. The number of fused-ring (bicyclic) bond motifs is 1. The molecule has 6 nitrogen and oxygen atoms in total. The fraction of sp³-hybridized carbons (Fsp3) is 0.571. The number of carbonyl (C=O) groups excluding carboxylic acids is 2. The maximum absolute atomic E-state index is 12.9. The van der Waals surface area contributed by atoms with E-state index in [0.29, 0.717) is 19.0 Å². The molecule has 0 saturated heterocycles. The van der Waals surface area contributed by atoms with E-state index < -0.39 is 0 Å². The van der Waals surface area contributed by atoms with Gasteiger partial charge in [-0.25, -0.2) is 4.98 Å². The van der Waals surface area contributed by atoms with Crippen LogP contribution in [0.4, 0.5) is 0 Å². The lowest BCUT2D eigenvalue weighted by Gasteiger charge is -2.31. The Labute approximate surface area is 160 Å². The van der Waals surface area contributed by atoms with Gasteiger partial charge in [0.05, 0.1) is 17.6 Å². The van der Waals surface area contributed by atoms with Crippen molar-refractivity contribution < 1.29 is 9.59 Å². The second-order valence-corrected chi connectivity index (χ2v) is 7.43. The molecular weight excluding hydrogens is 340 g/mol. The second-order valence-electron chi connectivity index (χ2n) is 7.43. The van der Waals surface area contributed by atoms with E-state index in [9.17, 15) is 9.59 Å². The largest absolute Gasteiger partial charge is 0.349 e. The smallest absolute Gasteiger partial charge is 0.242 e. The van der Waals surface area contributed by atoms with Gasteiger partial charge in [0.15, 0.2) is 0 Å². The summed E-state index contributed by atoms with van der Waals surface area (Å²) in [6, 6.07) is 8.16. The van der Waals surface area contributed by atoms with Crippen LogP contribution in [0.15, 0.2) is 24.3 Å². The number of carbonyl (C=O) groups is 2. The first-order valence-corrected chi connectivity index (χ1v) is 10.1. The number of amides is 2. The monoisotopic (exact) mass is 370 g/mol. The molecule has 2 amide bonds. The third kappa shape index (κ3) is 4.67. The van der Waals surface area contributed by atoms with Gasteiger partial charge < -0.3 is 14.8 Å². The molecule has 1 heterocycles. The minimum Gasteiger partial charge on any atom is -0.349 e. The highest BCUT2D eigenvalue weighted by Gasteiger charge is 2.23. The first-order chi connectivity index (χ1) is 13.1. The van der Waals surface area contributed by atoms with Crippen molar-refractivity contribution >= 4 is 22.8 Å². The van der Waals surface area contributed by atoms with Crippen molar-refractivity contribution in [2.24, 2.45) is 0 Å². The Balaban J connectivity index is 1.77. The topological polar surface area (TPSA) is 67.2 Å². The SMILES string of the molecule is CCCC(=O)NCc1nc2ccccc2n1CC(=O)N(C)C1CCCCC1. The van der Waals surface area contributed by atoms with E-state index in [0.717, 1.165) is 36.1 Å². The lowest BCUT2D eigenvalue weighted by Crippen LogP contribution is -2.40. The molecule has 3 rings (SSSR count). The van der Waals surface area contributed by atoms with Crippen LogP contribution in [-0.4, -0.2) is 39.4 Å². The van der Waals surface area contributed by atoms with E-state index in [1.165, 1.54) is 19.3 Å². The molecule has 0 unspecified atom stereocenters. The molecule has 1 fully saturated rings. The van der Waals surface area contributed by atoms with Gasteiger partial charge in [-0.2, -0.15) is 0 Å². The first kappa shape index (κ1) is 19.4. The van der Waals surface area contributed by atoms with E-state index in [1.54, 1.807) is 0 Å². The van der Waals surface area contributed by atoms with Crippen molar-refractivity contribution in [1.29, 1.82) is 0 Å². The zero-order valence-corrected chi connectivity index (χ0v) is 16.4. The van der Waals surface area contributed by atoms with Crippen molar-refractivity contribution in [3.63, 3.8) is 0 Å². The summed E-state index contributed by atoms with van der Waals surface area (Å²) in [6.45, 7) is 2.58. The van der Waals surface area contributed by atoms with E-state index in [4.69, 9.17) is 0 Å². The molecule has 1 saturated carbocycles. The average Bonchev–Trinajstić information content (AvgIpc) is 3.04. The first-order valence-electron chi connectivity index (χ1n) is 10.1. The number of benzene rings is 1. The maximum Gasteiger partial charge on any atom is 0.242 e. The van der Waals surface area contributed by atoms with Crippen LogP contribution in [0.25, 0.3) is 11.0 Å². The van der Waals surface area contributed by atoms with E-state index >= 15 is 0 Å². The Morgan fingerprint density at radius 3 is 2.70 bits per heavy atom. The van der Waals surface area contributed by atoms with Gasteiger partial charge in [0, 0.05) is 19.5 Å². The summed E-state index contributed by atoms with van der Waals surface area (Å²) in [5.74, 6) is 0.846. The number of hydrogen-bond donors (Lipinski definition) is 1. The van der Waals surface area contributed by atoms with Crippen LogP contribution in [0.3, 0.4) is 0 Å². The van der Waals surface area contributed by atoms with Gasteiger partial charge in [-0.3, -0.25) is 9.59 Å². The molecule has 0 aliphatic heterocycles. The highest BCUT2D eigenvalue weighted by molar-refractivity contribution is 5.81. The summed E-state index contributed by atoms with van der Waals surface area (Å²) >= 11 is 0. The van der Waals surface area contributed by atoms with E-state index in [-0.39, 0.29) is 18.4 Å². The number of imidazole rings is 1. The van der Waals surface area contributed by atoms with E-state index in [1.807, 2.05) is 47.7 Å². The van der Waals surface area contributed by atoms with Crippen LogP contribution >= 0.6 is 0 Å². The quantitative estimate of drug-likeness (QED) is 0.813. The standard InChI is InChI=1S/C21H30N4O2/c1-3-9-20(26)22-14-19-23-17-12-7-8-13-18(17)25(19)15-21(27)24(2)16-10-5-4-6-11-16/h7-8,12-13,16H,3-6,9-11,14-15H2,1-2H3,(H,22,26). The molecule has 1 N–H and O–H groups in total. The highest BCUT2D eigenvalue weighted by Crippen LogP contribution is 2.22. The number of para-hydroxylation sites is 2. The van der Waals surface area contributed by atoms with Gasteiger partial charge in [0.2, 0.25) is 11.8 Å². The third-order valence-corrected chi connectivity index (χ3v) is 5.46. The molecule has 0 radical (unpaired) electrons. The van der Waals surface area contributed by atoms with Crippen molar-refractivity contribution in [3.8, 4) is 0 Å². The van der Waals surface area contributed by atoms with Crippen molar-refractivity contribution in [2.75, 3.05) is 7.05 Å². The molecule has 0 atom stereocenters. The molecule has 0 spiro atoms. The van der Waals surface area contributed by atoms with Gasteiger partial charge in [-0.1, -0.05) is 38.3 Å². The van der Waals surface area contributed by atoms with E-state index in [2.05, 4.69) is 10.3 Å². The zero-order chi connectivity index (χ0) is 19.2. The molecule has 0 bridgehead atoms. The molecule has 2 aromatic rings. The summed E-state index contributed by atoms with van der Waals surface area (Å²) < 4.78 is 1.95. The minimum atomic E-state index is 0.0155.